The monoisotopic (exact) mass is 326 g/mol. The van der Waals surface area contributed by atoms with E-state index in [1.165, 1.54) is 12.1 Å². The highest BCUT2D eigenvalue weighted by atomic mass is 32.2. The highest BCUT2D eigenvalue weighted by Gasteiger charge is 2.38. The fraction of sp³-hybridized carbons (Fsp3) is 0.111. The number of aryl methyl sites for hydroxylation is 1. The van der Waals surface area contributed by atoms with Crippen molar-refractivity contribution in [2.75, 3.05) is 0 Å². The van der Waals surface area contributed by atoms with Gasteiger partial charge in [0, 0.05) is 17.7 Å². The van der Waals surface area contributed by atoms with Crippen molar-refractivity contribution in [2.45, 2.75) is 11.3 Å². The smallest absolute Gasteiger partial charge is 0.210 e. The predicted molar refractivity (Wildman–Crippen MR) is 87.3 cm³/mol. The maximum atomic E-state index is 12.4. The lowest BCUT2D eigenvalue weighted by molar-refractivity contribution is -0.671. The van der Waals surface area contributed by atoms with Gasteiger partial charge in [0.2, 0.25) is 15.6 Å². The molecule has 0 atom stereocenters. The Bertz CT molecular complexity index is 923. The van der Waals surface area contributed by atoms with E-state index in [1.807, 2.05) is 48.3 Å². The van der Waals surface area contributed by atoms with Gasteiger partial charge in [0.15, 0.2) is 12.4 Å². The number of carbonyl (C=O) groups is 1. The SMILES string of the molecule is C[n+]1ccc(C=CCC=C2C(=O)c3ccccc3S2(=O)=O)cc1. The summed E-state index contributed by atoms with van der Waals surface area (Å²) >= 11 is 0. The van der Waals surface area contributed by atoms with Crippen LogP contribution in [-0.4, -0.2) is 14.2 Å². The van der Waals surface area contributed by atoms with Gasteiger partial charge in [-0.05, 0) is 24.1 Å². The van der Waals surface area contributed by atoms with Crippen LogP contribution in [0.25, 0.3) is 6.08 Å². The Kier molecular flexibility index (Phi) is 3.96. The first-order valence-electron chi connectivity index (χ1n) is 7.21. The van der Waals surface area contributed by atoms with Crippen molar-refractivity contribution < 1.29 is 17.8 Å². The molecule has 0 radical (unpaired) electrons. The molecule has 0 spiro atoms. The van der Waals surface area contributed by atoms with Gasteiger partial charge in [0.1, 0.15) is 12.0 Å². The van der Waals surface area contributed by atoms with E-state index in [0.29, 0.717) is 6.42 Å². The fourth-order valence-corrected chi connectivity index (χ4v) is 4.08. The van der Waals surface area contributed by atoms with Crippen molar-refractivity contribution in [3.8, 4) is 0 Å². The normalized spacial score (nSPS) is 17.8. The molecule has 0 saturated heterocycles. The maximum absolute atomic E-state index is 12.4. The summed E-state index contributed by atoms with van der Waals surface area (Å²) in [5, 5.41) is 0. The Balaban J connectivity index is 1.81. The average Bonchev–Trinajstić information content (AvgIpc) is 2.74. The number of fused-ring (bicyclic) bond motifs is 1. The summed E-state index contributed by atoms with van der Waals surface area (Å²) in [6, 6.07) is 10.2. The van der Waals surface area contributed by atoms with Gasteiger partial charge < -0.3 is 0 Å². The largest absolute Gasteiger partial charge is 0.288 e. The number of nitrogens with zero attached hydrogens (tertiary/aromatic N) is 1. The van der Waals surface area contributed by atoms with Gasteiger partial charge in [-0.3, -0.25) is 4.79 Å². The molecule has 23 heavy (non-hydrogen) atoms. The van der Waals surface area contributed by atoms with Gasteiger partial charge in [-0.15, -0.1) is 0 Å². The zero-order valence-electron chi connectivity index (χ0n) is 12.6. The summed E-state index contributed by atoms with van der Waals surface area (Å²) in [6.45, 7) is 0. The average molecular weight is 326 g/mol. The third-order valence-electron chi connectivity index (χ3n) is 3.69. The molecule has 1 aromatic carbocycles. The Hall–Kier alpha value is -2.53. The second-order valence-corrected chi connectivity index (χ2v) is 7.22. The number of pyridine rings is 1. The summed E-state index contributed by atoms with van der Waals surface area (Å²) < 4.78 is 26.7. The van der Waals surface area contributed by atoms with Crippen molar-refractivity contribution in [3.05, 3.63) is 77.0 Å². The van der Waals surface area contributed by atoms with Crippen LogP contribution in [0.2, 0.25) is 0 Å². The predicted octanol–water partition coefficient (Wildman–Crippen LogP) is 2.47. The zero-order valence-corrected chi connectivity index (χ0v) is 13.5. The third-order valence-corrected chi connectivity index (χ3v) is 5.55. The van der Waals surface area contributed by atoms with Crippen LogP contribution in [0.15, 0.2) is 70.7 Å². The number of sulfone groups is 1. The molecule has 0 amide bonds. The molecule has 3 rings (SSSR count). The lowest BCUT2D eigenvalue weighted by Gasteiger charge is -1.95. The fourth-order valence-electron chi connectivity index (χ4n) is 2.47. The summed E-state index contributed by atoms with van der Waals surface area (Å²) in [4.78, 5) is 12.2. The first-order chi connectivity index (χ1) is 11.0. The van der Waals surface area contributed by atoms with Crippen LogP contribution in [0, 0.1) is 0 Å². The number of aromatic nitrogens is 1. The van der Waals surface area contributed by atoms with E-state index >= 15 is 0 Å². The topological polar surface area (TPSA) is 55.1 Å². The molecule has 2 heterocycles. The minimum Gasteiger partial charge on any atom is -0.288 e. The van der Waals surface area contributed by atoms with Gasteiger partial charge in [-0.25, -0.2) is 13.0 Å². The van der Waals surface area contributed by atoms with Crippen LogP contribution in [0.5, 0.6) is 0 Å². The van der Waals surface area contributed by atoms with Crippen LogP contribution in [0.1, 0.15) is 22.3 Å². The van der Waals surface area contributed by atoms with Crippen molar-refractivity contribution in [1.29, 1.82) is 0 Å². The van der Waals surface area contributed by atoms with E-state index in [4.69, 9.17) is 0 Å². The first-order valence-corrected chi connectivity index (χ1v) is 8.69. The Morgan fingerprint density at radius 2 is 1.78 bits per heavy atom. The molecule has 0 bridgehead atoms. The second kappa shape index (κ2) is 5.93. The number of allylic oxidation sites excluding steroid dienone is 3. The van der Waals surface area contributed by atoms with Crippen LogP contribution < -0.4 is 4.57 Å². The van der Waals surface area contributed by atoms with Gasteiger partial charge in [-0.1, -0.05) is 30.4 Å². The number of hydrogen-bond acceptors (Lipinski definition) is 3. The highest BCUT2D eigenvalue weighted by Crippen LogP contribution is 2.33. The number of rotatable bonds is 3. The molecule has 0 unspecified atom stereocenters. The van der Waals surface area contributed by atoms with Crippen molar-refractivity contribution >= 4 is 21.7 Å². The molecule has 4 nitrogen and oxygen atoms in total. The molecular weight excluding hydrogens is 310 g/mol. The summed E-state index contributed by atoms with van der Waals surface area (Å²) in [7, 11) is -1.74. The molecular formula is C18H16NO3S+. The lowest BCUT2D eigenvalue weighted by atomic mass is 10.1. The molecule has 0 saturated carbocycles. The minimum atomic E-state index is -3.67. The van der Waals surface area contributed by atoms with Crippen LogP contribution in [-0.2, 0) is 16.9 Å². The van der Waals surface area contributed by atoms with Crippen molar-refractivity contribution in [1.82, 2.24) is 0 Å². The number of Topliss-reactive ketones (excluding diaryl/α,β-unsaturated/α-hetero) is 1. The van der Waals surface area contributed by atoms with E-state index in [-0.39, 0.29) is 15.4 Å². The maximum Gasteiger partial charge on any atom is 0.210 e. The van der Waals surface area contributed by atoms with Crippen LogP contribution >= 0.6 is 0 Å². The number of carbonyl (C=O) groups excluding carboxylic acids is 1. The number of ketones is 1. The molecule has 2 aromatic rings. The Morgan fingerprint density at radius 1 is 1.09 bits per heavy atom. The molecule has 1 aromatic heterocycles. The van der Waals surface area contributed by atoms with E-state index < -0.39 is 15.6 Å². The van der Waals surface area contributed by atoms with Gasteiger partial charge in [-0.2, -0.15) is 0 Å². The quantitative estimate of drug-likeness (QED) is 0.643. The molecule has 5 heteroatoms. The van der Waals surface area contributed by atoms with E-state index in [2.05, 4.69) is 0 Å². The van der Waals surface area contributed by atoms with Crippen LogP contribution in [0.4, 0.5) is 0 Å². The highest BCUT2D eigenvalue weighted by molar-refractivity contribution is 7.97. The molecule has 1 aliphatic rings. The molecule has 116 valence electrons. The summed E-state index contributed by atoms with van der Waals surface area (Å²) in [6.07, 6.45) is 9.47. The van der Waals surface area contributed by atoms with E-state index in [1.54, 1.807) is 18.2 Å². The van der Waals surface area contributed by atoms with Gasteiger partial charge >= 0.3 is 0 Å². The minimum absolute atomic E-state index is 0.107. The summed E-state index contributed by atoms with van der Waals surface area (Å²) in [5.74, 6) is -0.416. The Morgan fingerprint density at radius 3 is 2.48 bits per heavy atom. The van der Waals surface area contributed by atoms with Crippen molar-refractivity contribution in [3.63, 3.8) is 0 Å². The van der Waals surface area contributed by atoms with Crippen LogP contribution in [0.3, 0.4) is 0 Å². The van der Waals surface area contributed by atoms with E-state index in [9.17, 15) is 13.2 Å². The number of benzene rings is 1. The van der Waals surface area contributed by atoms with Gasteiger partial charge in [0.05, 0.1) is 4.90 Å². The summed E-state index contributed by atoms with van der Waals surface area (Å²) in [5.41, 5.74) is 1.28. The number of hydrogen-bond donors (Lipinski definition) is 0. The molecule has 1 aliphatic heterocycles. The second-order valence-electron chi connectivity index (χ2n) is 5.33. The van der Waals surface area contributed by atoms with Crippen molar-refractivity contribution in [2.24, 2.45) is 7.05 Å². The third kappa shape index (κ3) is 2.87. The molecule has 0 N–H and O–H groups in total. The van der Waals surface area contributed by atoms with Gasteiger partial charge in [0.25, 0.3) is 0 Å². The zero-order chi connectivity index (χ0) is 16.4. The molecule has 0 fully saturated rings. The first kappa shape index (κ1) is 15.4. The van der Waals surface area contributed by atoms with E-state index in [0.717, 1.165) is 5.56 Å². The standard InChI is InChI=1S/C18H16NO3S/c1-19-12-10-14(11-13-19)6-2-4-9-17-18(20)15-7-3-5-8-16(15)23(17,21)22/h2-3,5-13H,4H2,1H3/q+1. The Labute approximate surface area is 135 Å². The molecule has 0 aliphatic carbocycles. The lowest BCUT2D eigenvalue weighted by Crippen LogP contribution is -2.25.